The van der Waals surface area contributed by atoms with Crippen LogP contribution in [0, 0.1) is 0 Å². The second-order valence-electron chi connectivity index (χ2n) is 6.90. The summed E-state index contributed by atoms with van der Waals surface area (Å²) in [4.78, 5) is 15.5. The lowest BCUT2D eigenvalue weighted by Crippen LogP contribution is -2.35. The number of fused-ring (bicyclic) bond motifs is 1. The molecule has 1 atom stereocenters. The van der Waals surface area contributed by atoms with Crippen LogP contribution in [0.25, 0.3) is 0 Å². The fraction of sp³-hybridized carbons (Fsp3) is 0.381. The molecule has 2 aliphatic heterocycles. The normalized spacial score (nSPS) is 18.0. The van der Waals surface area contributed by atoms with Gasteiger partial charge in [-0.2, -0.15) is 0 Å². The number of rotatable bonds is 4. The van der Waals surface area contributed by atoms with Gasteiger partial charge in [0.2, 0.25) is 5.91 Å². The molecule has 6 heteroatoms. The highest BCUT2D eigenvalue weighted by atomic mass is 79.9. The van der Waals surface area contributed by atoms with Gasteiger partial charge in [-0.15, -0.1) is 0 Å². The van der Waals surface area contributed by atoms with Crippen LogP contribution in [0.1, 0.15) is 30.9 Å². The summed E-state index contributed by atoms with van der Waals surface area (Å²) in [6.45, 7) is 3.15. The summed E-state index contributed by atoms with van der Waals surface area (Å²) in [5.41, 5.74) is 1.72. The van der Waals surface area contributed by atoms with Gasteiger partial charge < -0.3 is 14.8 Å². The minimum atomic E-state index is -0.305. The lowest BCUT2D eigenvalue weighted by molar-refractivity contribution is -0.121. The molecule has 2 aromatic rings. The zero-order valence-corrected chi connectivity index (χ0v) is 16.7. The highest BCUT2D eigenvalue weighted by molar-refractivity contribution is 9.10. The van der Waals surface area contributed by atoms with Gasteiger partial charge in [0, 0.05) is 22.6 Å². The van der Waals surface area contributed by atoms with Crippen molar-refractivity contribution in [2.75, 3.05) is 31.6 Å². The Balaban J connectivity index is 1.57. The molecule has 4 rings (SSSR count). The van der Waals surface area contributed by atoms with Crippen molar-refractivity contribution in [2.45, 2.75) is 25.3 Å². The van der Waals surface area contributed by atoms with E-state index in [1.807, 2.05) is 42.5 Å². The number of benzene rings is 2. The van der Waals surface area contributed by atoms with Crippen molar-refractivity contribution in [2.24, 2.45) is 0 Å². The van der Waals surface area contributed by atoms with Gasteiger partial charge in [-0.25, -0.2) is 0 Å². The van der Waals surface area contributed by atoms with Gasteiger partial charge >= 0.3 is 0 Å². The van der Waals surface area contributed by atoms with Crippen LogP contribution in [0.2, 0.25) is 0 Å². The molecule has 0 spiro atoms. The molecular weight excluding hydrogens is 408 g/mol. The van der Waals surface area contributed by atoms with E-state index in [1.54, 1.807) is 0 Å². The number of likely N-dealkylation sites (tertiary alicyclic amines) is 1. The monoisotopic (exact) mass is 430 g/mol. The third-order valence-electron chi connectivity index (χ3n) is 4.93. The number of nitrogens with zero attached hydrogens (tertiary/aromatic N) is 1. The summed E-state index contributed by atoms with van der Waals surface area (Å²) in [6, 6.07) is 13.3. The van der Waals surface area contributed by atoms with E-state index in [0.717, 1.165) is 53.8 Å². The molecule has 2 aliphatic rings. The minimum absolute atomic E-state index is 0.0236. The molecule has 2 aromatic carbocycles. The van der Waals surface area contributed by atoms with E-state index in [2.05, 4.69) is 26.1 Å². The van der Waals surface area contributed by atoms with E-state index in [1.165, 1.54) is 0 Å². The summed E-state index contributed by atoms with van der Waals surface area (Å²) >= 11 is 3.52. The Labute approximate surface area is 167 Å². The van der Waals surface area contributed by atoms with Crippen LogP contribution in [-0.2, 0) is 4.79 Å². The van der Waals surface area contributed by atoms with Gasteiger partial charge in [0.15, 0.2) is 11.5 Å². The fourth-order valence-electron chi connectivity index (χ4n) is 3.66. The SMILES string of the molecule is O=C(Nc1ccc2c(c1)OCCCO2)C(c1cccc(Br)c1)N1CCCC1. The lowest BCUT2D eigenvalue weighted by Gasteiger charge is -2.27. The second-order valence-corrected chi connectivity index (χ2v) is 7.82. The summed E-state index contributed by atoms with van der Waals surface area (Å²) in [7, 11) is 0. The predicted molar refractivity (Wildman–Crippen MR) is 108 cm³/mol. The molecule has 0 radical (unpaired) electrons. The number of halogens is 1. The number of hydrogen-bond donors (Lipinski definition) is 1. The zero-order valence-electron chi connectivity index (χ0n) is 15.1. The van der Waals surface area contributed by atoms with Crippen molar-refractivity contribution in [1.29, 1.82) is 0 Å². The number of carbonyl (C=O) groups excluding carboxylic acids is 1. The van der Waals surface area contributed by atoms with Crippen molar-refractivity contribution < 1.29 is 14.3 Å². The number of amides is 1. The summed E-state index contributed by atoms with van der Waals surface area (Å²) < 4.78 is 12.4. The molecular formula is C21H23BrN2O3. The number of carbonyl (C=O) groups is 1. The average Bonchev–Trinajstić information content (AvgIpc) is 3.07. The minimum Gasteiger partial charge on any atom is -0.490 e. The number of ether oxygens (including phenoxy) is 2. The Hall–Kier alpha value is -2.05. The van der Waals surface area contributed by atoms with Crippen LogP contribution in [0.5, 0.6) is 11.5 Å². The molecule has 5 nitrogen and oxygen atoms in total. The molecule has 0 aliphatic carbocycles. The van der Waals surface area contributed by atoms with Crippen molar-refractivity contribution in [3.63, 3.8) is 0 Å². The maximum absolute atomic E-state index is 13.2. The first-order chi connectivity index (χ1) is 13.2. The van der Waals surface area contributed by atoms with Crippen LogP contribution < -0.4 is 14.8 Å². The summed E-state index contributed by atoms with van der Waals surface area (Å²) in [5, 5.41) is 3.08. The molecule has 1 N–H and O–H groups in total. The van der Waals surface area contributed by atoms with Crippen molar-refractivity contribution >= 4 is 27.5 Å². The Morgan fingerprint density at radius 3 is 2.56 bits per heavy atom. The topological polar surface area (TPSA) is 50.8 Å². The van der Waals surface area contributed by atoms with E-state index in [-0.39, 0.29) is 11.9 Å². The van der Waals surface area contributed by atoms with Crippen LogP contribution in [0.3, 0.4) is 0 Å². The van der Waals surface area contributed by atoms with E-state index >= 15 is 0 Å². The first kappa shape index (κ1) is 18.3. The van der Waals surface area contributed by atoms with Crippen molar-refractivity contribution in [1.82, 2.24) is 4.90 Å². The Kier molecular flexibility index (Phi) is 5.64. The van der Waals surface area contributed by atoms with Crippen LogP contribution in [0.4, 0.5) is 5.69 Å². The summed E-state index contributed by atoms with van der Waals surface area (Å²) in [6.07, 6.45) is 3.11. The molecule has 27 heavy (non-hydrogen) atoms. The first-order valence-electron chi connectivity index (χ1n) is 9.41. The maximum Gasteiger partial charge on any atom is 0.246 e. The van der Waals surface area contributed by atoms with Gasteiger partial charge in [0.25, 0.3) is 0 Å². The van der Waals surface area contributed by atoms with E-state index in [9.17, 15) is 4.79 Å². The van der Waals surface area contributed by atoms with Crippen molar-refractivity contribution in [3.8, 4) is 11.5 Å². The standard InChI is InChI=1S/C21H23BrN2O3/c22-16-6-3-5-15(13-16)20(24-9-1-2-10-24)21(25)23-17-7-8-18-19(14-17)27-12-4-11-26-18/h3,5-8,13-14,20H,1-2,4,9-12H2,(H,23,25). The molecule has 1 saturated heterocycles. The molecule has 1 amide bonds. The second kappa shape index (κ2) is 8.31. The number of anilines is 1. The molecule has 2 heterocycles. The van der Waals surface area contributed by atoms with E-state index in [4.69, 9.17) is 9.47 Å². The third kappa shape index (κ3) is 4.28. The average molecular weight is 431 g/mol. The Morgan fingerprint density at radius 2 is 1.78 bits per heavy atom. The largest absolute Gasteiger partial charge is 0.490 e. The fourth-order valence-corrected chi connectivity index (χ4v) is 4.07. The van der Waals surface area contributed by atoms with Gasteiger partial charge in [-0.3, -0.25) is 9.69 Å². The Morgan fingerprint density at radius 1 is 1.00 bits per heavy atom. The molecule has 0 saturated carbocycles. The van der Waals surface area contributed by atoms with Gasteiger partial charge in [-0.1, -0.05) is 28.1 Å². The number of hydrogen-bond acceptors (Lipinski definition) is 4. The molecule has 0 aromatic heterocycles. The molecule has 0 bridgehead atoms. The highest BCUT2D eigenvalue weighted by Gasteiger charge is 2.30. The van der Waals surface area contributed by atoms with Crippen LogP contribution in [0.15, 0.2) is 46.9 Å². The first-order valence-corrected chi connectivity index (χ1v) is 10.2. The lowest BCUT2D eigenvalue weighted by atomic mass is 10.0. The van der Waals surface area contributed by atoms with Gasteiger partial charge in [0.1, 0.15) is 6.04 Å². The summed E-state index contributed by atoms with van der Waals surface area (Å²) in [5.74, 6) is 1.39. The smallest absolute Gasteiger partial charge is 0.246 e. The quantitative estimate of drug-likeness (QED) is 0.781. The maximum atomic E-state index is 13.2. The van der Waals surface area contributed by atoms with E-state index in [0.29, 0.717) is 19.0 Å². The van der Waals surface area contributed by atoms with E-state index < -0.39 is 0 Å². The van der Waals surface area contributed by atoms with Crippen LogP contribution >= 0.6 is 15.9 Å². The van der Waals surface area contributed by atoms with Gasteiger partial charge in [-0.05, 0) is 55.8 Å². The predicted octanol–water partition coefficient (Wildman–Crippen LogP) is 4.39. The zero-order chi connectivity index (χ0) is 18.6. The Bertz CT molecular complexity index is 821. The third-order valence-corrected chi connectivity index (χ3v) is 5.43. The highest BCUT2D eigenvalue weighted by Crippen LogP contribution is 2.33. The van der Waals surface area contributed by atoms with Gasteiger partial charge in [0.05, 0.1) is 13.2 Å². The van der Waals surface area contributed by atoms with Crippen molar-refractivity contribution in [3.05, 3.63) is 52.5 Å². The molecule has 1 fully saturated rings. The van der Waals surface area contributed by atoms with Crippen LogP contribution in [-0.4, -0.2) is 37.1 Å². The molecule has 1 unspecified atom stereocenters. The molecule has 142 valence electrons. The number of nitrogens with one attached hydrogen (secondary N) is 1.